The number of nitrogens with zero attached hydrogens (tertiary/aromatic N) is 3. The van der Waals surface area contributed by atoms with Crippen molar-refractivity contribution in [2.24, 2.45) is 0 Å². The van der Waals surface area contributed by atoms with Gasteiger partial charge < -0.3 is 19.9 Å². The van der Waals surface area contributed by atoms with Crippen LogP contribution in [-0.2, 0) is 4.74 Å². The lowest BCUT2D eigenvalue weighted by atomic mass is 10.2. The highest BCUT2D eigenvalue weighted by atomic mass is 16.5. The van der Waals surface area contributed by atoms with Gasteiger partial charge in [0.2, 0.25) is 0 Å². The van der Waals surface area contributed by atoms with Crippen LogP contribution in [0.5, 0.6) is 0 Å². The molecule has 0 spiro atoms. The summed E-state index contributed by atoms with van der Waals surface area (Å²) in [5.41, 5.74) is 3.36. The smallest absolute Gasteiger partial charge is 0.257 e. The molecule has 2 aromatic rings. The third kappa shape index (κ3) is 4.98. The monoisotopic (exact) mass is 368 g/mol. The molecule has 1 N–H and O–H groups in total. The molecule has 1 amide bonds. The molecular formula is C21H28N4O2. The lowest BCUT2D eigenvalue weighted by Gasteiger charge is -2.30. The van der Waals surface area contributed by atoms with Gasteiger partial charge in [0, 0.05) is 32.9 Å². The highest BCUT2D eigenvalue weighted by molar-refractivity contribution is 6.06. The molecule has 3 rings (SSSR count). The molecule has 0 radical (unpaired) electrons. The van der Waals surface area contributed by atoms with Crippen molar-refractivity contribution in [3.63, 3.8) is 0 Å². The predicted octanol–water partition coefficient (Wildman–Crippen LogP) is 3.41. The van der Waals surface area contributed by atoms with Crippen LogP contribution in [0.2, 0.25) is 0 Å². The highest BCUT2D eigenvalue weighted by Gasteiger charge is 2.17. The first-order valence-corrected chi connectivity index (χ1v) is 9.58. The Kier molecular flexibility index (Phi) is 6.65. The fourth-order valence-corrected chi connectivity index (χ4v) is 3.14. The molecule has 27 heavy (non-hydrogen) atoms. The van der Waals surface area contributed by atoms with E-state index in [2.05, 4.69) is 27.0 Å². The van der Waals surface area contributed by atoms with Crippen molar-refractivity contribution in [3.8, 4) is 0 Å². The maximum absolute atomic E-state index is 12.8. The molecule has 144 valence electrons. The Morgan fingerprint density at radius 2 is 2.04 bits per heavy atom. The number of nitrogens with one attached hydrogen (secondary N) is 1. The van der Waals surface area contributed by atoms with Crippen LogP contribution in [-0.4, -0.2) is 50.8 Å². The van der Waals surface area contributed by atoms with Gasteiger partial charge in [0.1, 0.15) is 0 Å². The van der Waals surface area contributed by atoms with Crippen molar-refractivity contribution in [2.45, 2.75) is 19.8 Å². The van der Waals surface area contributed by atoms with Gasteiger partial charge in [-0.05, 0) is 24.6 Å². The summed E-state index contributed by atoms with van der Waals surface area (Å²) in [5.74, 6) is -0.144. The number of aromatic nitrogens is 1. The molecule has 0 aliphatic carbocycles. The second-order valence-electron chi connectivity index (χ2n) is 6.78. The van der Waals surface area contributed by atoms with Gasteiger partial charge in [0.15, 0.2) is 0 Å². The van der Waals surface area contributed by atoms with Crippen molar-refractivity contribution in [1.29, 1.82) is 0 Å². The van der Waals surface area contributed by atoms with Crippen molar-refractivity contribution in [1.82, 2.24) is 4.98 Å². The molecule has 0 unspecified atom stereocenters. The summed E-state index contributed by atoms with van der Waals surface area (Å²) in [4.78, 5) is 21.5. The Morgan fingerprint density at radius 1 is 1.26 bits per heavy atom. The Balaban J connectivity index is 1.74. The summed E-state index contributed by atoms with van der Waals surface area (Å²) < 4.78 is 5.43. The number of pyridine rings is 1. The summed E-state index contributed by atoms with van der Waals surface area (Å²) in [6.45, 7) is 6.18. The number of hydrogen-bond acceptors (Lipinski definition) is 5. The number of hydrogen-bond donors (Lipinski definition) is 1. The van der Waals surface area contributed by atoms with E-state index in [1.165, 1.54) is 0 Å². The maximum atomic E-state index is 12.8. The number of para-hydroxylation sites is 2. The van der Waals surface area contributed by atoms with Gasteiger partial charge in [-0.2, -0.15) is 0 Å². The molecule has 1 fully saturated rings. The molecule has 1 saturated heterocycles. The van der Waals surface area contributed by atoms with E-state index in [1.807, 2.05) is 37.4 Å². The summed E-state index contributed by atoms with van der Waals surface area (Å²) in [7, 11) is 2.03. The summed E-state index contributed by atoms with van der Waals surface area (Å²) in [6, 6.07) is 9.80. The first-order chi connectivity index (χ1) is 13.2. The summed E-state index contributed by atoms with van der Waals surface area (Å²) in [6.07, 6.45) is 5.66. The highest BCUT2D eigenvalue weighted by Crippen LogP contribution is 2.27. The topological polar surface area (TPSA) is 57.7 Å². The van der Waals surface area contributed by atoms with Gasteiger partial charge in [-0.3, -0.25) is 9.78 Å². The van der Waals surface area contributed by atoms with E-state index in [0.717, 1.165) is 49.5 Å². The number of benzene rings is 1. The average molecular weight is 368 g/mol. The van der Waals surface area contributed by atoms with E-state index in [-0.39, 0.29) is 5.91 Å². The summed E-state index contributed by atoms with van der Waals surface area (Å²) >= 11 is 0. The molecule has 0 bridgehead atoms. The third-order valence-electron chi connectivity index (χ3n) is 4.78. The van der Waals surface area contributed by atoms with Gasteiger partial charge in [0.05, 0.1) is 42.0 Å². The number of amides is 1. The van der Waals surface area contributed by atoms with Crippen LogP contribution >= 0.6 is 0 Å². The van der Waals surface area contributed by atoms with Crippen molar-refractivity contribution in [3.05, 3.63) is 48.3 Å². The number of rotatable bonds is 7. The fraction of sp³-hybridized carbons (Fsp3) is 0.429. The van der Waals surface area contributed by atoms with Gasteiger partial charge in [-0.1, -0.05) is 25.5 Å². The zero-order valence-corrected chi connectivity index (χ0v) is 16.1. The number of morpholine rings is 1. The van der Waals surface area contributed by atoms with Crippen molar-refractivity contribution >= 4 is 23.0 Å². The predicted molar refractivity (Wildman–Crippen MR) is 110 cm³/mol. The Bertz CT molecular complexity index is 759. The molecule has 2 heterocycles. The average Bonchev–Trinajstić information content (AvgIpc) is 2.73. The second-order valence-corrected chi connectivity index (χ2v) is 6.78. The molecule has 1 aromatic heterocycles. The minimum absolute atomic E-state index is 0.144. The Hall–Kier alpha value is -2.60. The fourth-order valence-electron chi connectivity index (χ4n) is 3.14. The van der Waals surface area contributed by atoms with Crippen LogP contribution in [0.3, 0.4) is 0 Å². The number of ether oxygens (including phenoxy) is 1. The van der Waals surface area contributed by atoms with Crippen LogP contribution < -0.4 is 15.1 Å². The van der Waals surface area contributed by atoms with E-state index in [9.17, 15) is 4.79 Å². The number of unbranched alkanes of at least 4 members (excludes halogenated alkanes) is 1. The molecule has 0 atom stereocenters. The Labute approximate surface area is 161 Å². The summed E-state index contributed by atoms with van der Waals surface area (Å²) in [5, 5.41) is 3.05. The molecule has 0 saturated carbocycles. The van der Waals surface area contributed by atoms with Crippen LogP contribution in [0, 0.1) is 0 Å². The van der Waals surface area contributed by atoms with Crippen LogP contribution in [0.15, 0.2) is 42.7 Å². The SMILES string of the molecule is CCCCN(C)c1cncc(C(=O)Nc2ccccc2N2CCOCC2)c1. The van der Waals surface area contributed by atoms with E-state index in [0.29, 0.717) is 18.8 Å². The molecular weight excluding hydrogens is 340 g/mol. The van der Waals surface area contributed by atoms with Crippen LogP contribution in [0.1, 0.15) is 30.1 Å². The number of carbonyl (C=O) groups excluding carboxylic acids is 1. The van der Waals surface area contributed by atoms with E-state index in [4.69, 9.17) is 4.74 Å². The zero-order valence-electron chi connectivity index (χ0n) is 16.1. The third-order valence-corrected chi connectivity index (χ3v) is 4.78. The number of anilines is 3. The number of carbonyl (C=O) groups is 1. The molecule has 1 aliphatic rings. The zero-order chi connectivity index (χ0) is 19.1. The molecule has 1 aliphatic heterocycles. The minimum atomic E-state index is -0.144. The van der Waals surface area contributed by atoms with E-state index in [1.54, 1.807) is 12.4 Å². The normalized spacial score (nSPS) is 14.1. The Morgan fingerprint density at radius 3 is 2.81 bits per heavy atom. The molecule has 6 nitrogen and oxygen atoms in total. The van der Waals surface area contributed by atoms with E-state index >= 15 is 0 Å². The quantitative estimate of drug-likeness (QED) is 0.812. The largest absolute Gasteiger partial charge is 0.378 e. The van der Waals surface area contributed by atoms with Gasteiger partial charge in [0.25, 0.3) is 5.91 Å². The van der Waals surface area contributed by atoms with Crippen molar-refractivity contribution in [2.75, 3.05) is 55.0 Å². The van der Waals surface area contributed by atoms with Gasteiger partial charge >= 0.3 is 0 Å². The van der Waals surface area contributed by atoms with Gasteiger partial charge in [-0.15, -0.1) is 0 Å². The second kappa shape index (κ2) is 9.37. The lowest BCUT2D eigenvalue weighted by molar-refractivity contribution is 0.102. The lowest BCUT2D eigenvalue weighted by Crippen LogP contribution is -2.36. The minimum Gasteiger partial charge on any atom is -0.378 e. The first-order valence-electron chi connectivity index (χ1n) is 9.58. The standard InChI is InChI=1S/C21H28N4O2/c1-3-4-9-24(2)18-14-17(15-22-16-18)21(26)23-19-7-5-6-8-20(19)25-10-12-27-13-11-25/h5-8,14-16H,3-4,9-13H2,1-2H3,(H,23,26). The first kappa shape index (κ1) is 19.2. The van der Waals surface area contributed by atoms with Crippen molar-refractivity contribution < 1.29 is 9.53 Å². The van der Waals surface area contributed by atoms with E-state index < -0.39 is 0 Å². The van der Waals surface area contributed by atoms with Gasteiger partial charge in [-0.25, -0.2) is 0 Å². The maximum Gasteiger partial charge on any atom is 0.257 e. The molecule has 1 aromatic carbocycles. The molecule has 6 heteroatoms. The van der Waals surface area contributed by atoms with Crippen LogP contribution in [0.4, 0.5) is 17.1 Å². The van der Waals surface area contributed by atoms with Crippen LogP contribution in [0.25, 0.3) is 0 Å².